The molecule has 1 fully saturated rings. The van der Waals surface area contributed by atoms with Gasteiger partial charge in [-0.3, -0.25) is 14.9 Å². The number of aryl methyl sites for hydroxylation is 1. The Kier molecular flexibility index (Phi) is 4.02. The van der Waals surface area contributed by atoms with Crippen LogP contribution in [0.1, 0.15) is 18.9 Å². The van der Waals surface area contributed by atoms with Crippen LogP contribution in [0.3, 0.4) is 0 Å². The van der Waals surface area contributed by atoms with Crippen LogP contribution >= 0.6 is 0 Å². The van der Waals surface area contributed by atoms with Crippen LogP contribution < -0.4 is 15.5 Å². The first-order chi connectivity index (χ1) is 9.51. The highest BCUT2D eigenvalue weighted by Crippen LogP contribution is 2.17. The van der Waals surface area contributed by atoms with E-state index in [0.29, 0.717) is 6.54 Å². The highest BCUT2D eigenvalue weighted by Gasteiger charge is 2.32. The molecule has 1 saturated heterocycles. The lowest BCUT2D eigenvalue weighted by atomic mass is 10.1. The van der Waals surface area contributed by atoms with Gasteiger partial charge in [0.15, 0.2) is 0 Å². The van der Waals surface area contributed by atoms with Gasteiger partial charge in [0.1, 0.15) is 6.04 Å². The van der Waals surface area contributed by atoms with Crippen molar-refractivity contribution in [1.29, 1.82) is 0 Å². The quantitative estimate of drug-likeness (QED) is 0.803. The van der Waals surface area contributed by atoms with Crippen molar-refractivity contribution in [3.63, 3.8) is 0 Å². The Morgan fingerprint density at radius 3 is 2.65 bits per heavy atom. The van der Waals surface area contributed by atoms with E-state index in [0.717, 1.165) is 11.3 Å². The van der Waals surface area contributed by atoms with E-state index in [-0.39, 0.29) is 12.3 Å². The third kappa shape index (κ3) is 2.96. The van der Waals surface area contributed by atoms with Gasteiger partial charge in [-0.05, 0) is 31.5 Å². The summed E-state index contributed by atoms with van der Waals surface area (Å²) in [5.41, 5.74) is 1.85. The summed E-state index contributed by atoms with van der Waals surface area (Å²) < 4.78 is 0. The zero-order valence-corrected chi connectivity index (χ0v) is 11.5. The molecule has 0 radical (unpaired) electrons. The van der Waals surface area contributed by atoms with Gasteiger partial charge in [0, 0.05) is 12.2 Å². The summed E-state index contributed by atoms with van der Waals surface area (Å²) in [5.74, 6) is -0.649. The Morgan fingerprint density at radius 2 is 2.10 bits per heavy atom. The van der Waals surface area contributed by atoms with Gasteiger partial charge in [-0.15, -0.1) is 0 Å². The SMILES string of the molecule is CCN(C(=O)CC1NC(=O)NC1=O)c1cccc(C)c1. The van der Waals surface area contributed by atoms with Crippen LogP contribution in [-0.4, -0.2) is 30.4 Å². The van der Waals surface area contributed by atoms with Crippen LogP contribution in [0.2, 0.25) is 0 Å². The fourth-order valence-corrected chi connectivity index (χ4v) is 2.19. The van der Waals surface area contributed by atoms with Crippen molar-refractivity contribution in [2.24, 2.45) is 0 Å². The molecule has 106 valence electrons. The fourth-order valence-electron chi connectivity index (χ4n) is 2.19. The molecule has 1 aromatic rings. The minimum Gasteiger partial charge on any atom is -0.325 e. The molecule has 0 bridgehead atoms. The number of nitrogens with zero attached hydrogens (tertiary/aromatic N) is 1. The van der Waals surface area contributed by atoms with E-state index in [4.69, 9.17) is 0 Å². The van der Waals surface area contributed by atoms with Crippen LogP contribution in [0.25, 0.3) is 0 Å². The first-order valence-corrected chi connectivity index (χ1v) is 6.49. The lowest BCUT2D eigenvalue weighted by molar-refractivity contribution is -0.125. The fraction of sp³-hybridized carbons (Fsp3) is 0.357. The molecular formula is C14H17N3O3. The molecular weight excluding hydrogens is 258 g/mol. The molecule has 20 heavy (non-hydrogen) atoms. The van der Waals surface area contributed by atoms with Crippen LogP contribution in [0, 0.1) is 6.92 Å². The van der Waals surface area contributed by atoms with Crippen molar-refractivity contribution < 1.29 is 14.4 Å². The highest BCUT2D eigenvalue weighted by atomic mass is 16.2. The summed E-state index contributed by atoms with van der Waals surface area (Å²) in [4.78, 5) is 36.4. The van der Waals surface area contributed by atoms with Gasteiger partial charge in [-0.2, -0.15) is 0 Å². The third-order valence-electron chi connectivity index (χ3n) is 3.17. The lowest BCUT2D eigenvalue weighted by Gasteiger charge is -2.22. The number of carbonyl (C=O) groups is 3. The smallest absolute Gasteiger partial charge is 0.322 e. The molecule has 1 aliphatic heterocycles. The summed E-state index contributed by atoms with van der Waals surface area (Å²) in [6.45, 7) is 4.32. The van der Waals surface area contributed by atoms with E-state index in [9.17, 15) is 14.4 Å². The Morgan fingerprint density at radius 1 is 1.35 bits per heavy atom. The van der Waals surface area contributed by atoms with E-state index in [1.807, 2.05) is 38.1 Å². The van der Waals surface area contributed by atoms with Gasteiger partial charge in [0.25, 0.3) is 5.91 Å². The molecule has 1 aliphatic rings. The van der Waals surface area contributed by atoms with Crippen LogP contribution in [0.5, 0.6) is 0 Å². The Balaban J connectivity index is 2.10. The highest BCUT2D eigenvalue weighted by molar-refractivity contribution is 6.07. The van der Waals surface area contributed by atoms with Gasteiger partial charge in [0.2, 0.25) is 5.91 Å². The number of nitrogens with one attached hydrogen (secondary N) is 2. The molecule has 2 rings (SSSR count). The van der Waals surface area contributed by atoms with Crippen LogP contribution in [-0.2, 0) is 9.59 Å². The largest absolute Gasteiger partial charge is 0.325 e. The van der Waals surface area contributed by atoms with E-state index in [1.54, 1.807) is 4.90 Å². The predicted molar refractivity (Wildman–Crippen MR) is 74.3 cm³/mol. The van der Waals surface area contributed by atoms with Crippen LogP contribution in [0.4, 0.5) is 10.5 Å². The zero-order chi connectivity index (χ0) is 14.7. The van der Waals surface area contributed by atoms with Crippen molar-refractivity contribution in [3.8, 4) is 0 Å². The number of imide groups is 1. The second-order valence-electron chi connectivity index (χ2n) is 4.70. The molecule has 0 spiro atoms. The summed E-state index contributed by atoms with van der Waals surface area (Å²) in [6.07, 6.45) is -0.0423. The Bertz CT molecular complexity index is 556. The number of urea groups is 1. The first-order valence-electron chi connectivity index (χ1n) is 6.49. The third-order valence-corrected chi connectivity index (χ3v) is 3.17. The normalized spacial score (nSPS) is 17.6. The number of hydrogen-bond acceptors (Lipinski definition) is 3. The Hall–Kier alpha value is -2.37. The van der Waals surface area contributed by atoms with E-state index >= 15 is 0 Å². The van der Waals surface area contributed by atoms with Crippen LogP contribution in [0.15, 0.2) is 24.3 Å². The first kappa shape index (κ1) is 14.0. The number of carbonyl (C=O) groups excluding carboxylic acids is 3. The second-order valence-corrected chi connectivity index (χ2v) is 4.70. The number of benzene rings is 1. The van der Waals surface area contributed by atoms with Crippen molar-refractivity contribution in [2.45, 2.75) is 26.3 Å². The monoisotopic (exact) mass is 275 g/mol. The maximum atomic E-state index is 12.3. The van der Waals surface area contributed by atoms with Gasteiger partial charge in [-0.25, -0.2) is 4.79 Å². The van der Waals surface area contributed by atoms with Gasteiger partial charge < -0.3 is 10.2 Å². The predicted octanol–water partition coefficient (Wildman–Crippen LogP) is 0.946. The molecule has 0 aliphatic carbocycles. The molecule has 6 nitrogen and oxygen atoms in total. The summed E-state index contributed by atoms with van der Waals surface area (Å²) in [7, 11) is 0. The molecule has 2 N–H and O–H groups in total. The zero-order valence-electron chi connectivity index (χ0n) is 11.5. The lowest BCUT2D eigenvalue weighted by Crippen LogP contribution is -2.38. The minimum absolute atomic E-state index is 0.0423. The number of hydrogen-bond donors (Lipinski definition) is 2. The maximum absolute atomic E-state index is 12.3. The standard InChI is InChI=1S/C14H17N3O3/c1-3-17(10-6-4-5-9(2)7-10)12(18)8-11-13(19)16-14(20)15-11/h4-7,11H,3,8H2,1-2H3,(H2,15,16,19,20). The molecule has 1 heterocycles. The van der Waals surface area contributed by atoms with E-state index in [2.05, 4.69) is 10.6 Å². The molecule has 0 aromatic heterocycles. The second kappa shape index (κ2) is 5.73. The van der Waals surface area contributed by atoms with Gasteiger partial charge >= 0.3 is 6.03 Å². The summed E-state index contributed by atoms with van der Waals surface area (Å²) in [5, 5.41) is 4.55. The van der Waals surface area contributed by atoms with Gasteiger partial charge in [-0.1, -0.05) is 12.1 Å². The molecule has 0 saturated carbocycles. The molecule has 1 unspecified atom stereocenters. The Labute approximate surface area is 117 Å². The van der Waals surface area contributed by atoms with Gasteiger partial charge in [0.05, 0.1) is 6.42 Å². The van der Waals surface area contributed by atoms with Crippen molar-refractivity contribution in [3.05, 3.63) is 29.8 Å². The van der Waals surface area contributed by atoms with Crippen molar-refractivity contribution >= 4 is 23.5 Å². The topological polar surface area (TPSA) is 78.5 Å². The molecule has 1 aromatic carbocycles. The summed E-state index contributed by atoms with van der Waals surface area (Å²) >= 11 is 0. The average Bonchev–Trinajstić information content (AvgIpc) is 2.68. The maximum Gasteiger partial charge on any atom is 0.322 e. The van der Waals surface area contributed by atoms with E-state index < -0.39 is 18.0 Å². The minimum atomic E-state index is -0.783. The van der Waals surface area contributed by atoms with Crippen molar-refractivity contribution in [1.82, 2.24) is 10.6 Å². The molecule has 1 atom stereocenters. The summed E-state index contributed by atoms with van der Waals surface area (Å²) in [6, 6.07) is 6.26. The number of rotatable bonds is 4. The molecule has 6 heteroatoms. The van der Waals surface area contributed by atoms with E-state index in [1.165, 1.54) is 0 Å². The van der Waals surface area contributed by atoms with Crippen molar-refractivity contribution in [2.75, 3.05) is 11.4 Å². The average molecular weight is 275 g/mol. The molecule has 4 amide bonds. The number of amides is 4. The number of anilines is 1.